The summed E-state index contributed by atoms with van der Waals surface area (Å²) in [5.74, 6) is 0.684. The van der Waals surface area contributed by atoms with E-state index in [0.29, 0.717) is 12.2 Å². The highest BCUT2D eigenvalue weighted by atomic mass is 79.9. The molecule has 2 aromatic carbocycles. The van der Waals surface area contributed by atoms with E-state index in [1.165, 1.54) is 0 Å². The van der Waals surface area contributed by atoms with Crippen LogP contribution in [0.5, 0.6) is 5.75 Å². The molecule has 0 aliphatic rings. The summed E-state index contributed by atoms with van der Waals surface area (Å²) in [5, 5.41) is 7.35. The van der Waals surface area contributed by atoms with Crippen LogP contribution in [0.2, 0.25) is 0 Å². The first-order valence-electron chi connectivity index (χ1n) is 8.71. The molecule has 1 atom stereocenters. The lowest BCUT2D eigenvalue weighted by molar-refractivity contribution is 0.0939. The largest absolute Gasteiger partial charge is 0.488 e. The van der Waals surface area contributed by atoms with Gasteiger partial charge in [0.15, 0.2) is 0 Å². The molecule has 0 bridgehead atoms. The second kappa shape index (κ2) is 8.39. The van der Waals surface area contributed by atoms with Gasteiger partial charge in [-0.15, -0.1) is 0 Å². The van der Waals surface area contributed by atoms with Crippen LogP contribution in [0.15, 0.2) is 59.2 Å². The molecule has 3 aromatic rings. The zero-order valence-electron chi connectivity index (χ0n) is 15.6. The highest BCUT2D eigenvalue weighted by molar-refractivity contribution is 9.10. The number of hydrogen-bond donors (Lipinski definition) is 1. The third-order valence-electron chi connectivity index (χ3n) is 4.31. The number of carbonyl (C=O) groups excluding carboxylic acids is 1. The maximum atomic E-state index is 12.5. The summed E-state index contributed by atoms with van der Waals surface area (Å²) >= 11 is 3.47. The molecule has 0 aliphatic carbocycles. The topological polar surface area (TPSA) is 56.2 Å². The molecule has 0 fully saturated rings. The van der Waals surface area contributed by atoms with Crippen molar-refractivity contribution >= 4 is 21.8 Å². The molecule has 6 heteroatoms. The van der Waals surface area contributed by atoms with Gasteiger partial charge >= 0.3 is 0 Å². The molecule has 3 rings (SSSR count). The van der Waals surface area contributed by atoms with Crippen molar-refractivity contribution in [2.45, 2.75) is 26.5 Å². The fourth-order valence-corrected chi connectivity index (χ4v) is 3.28. The number of nitrogens with one attached hydrogen (secondary N) is 1. The van der Waals surface area contributed by atoms with Gasteiger partial charge in [-0.3, -0.25) is 9.48 Å². The molecular formula is C21H22BrN3O2. The average molecular weight is 428 g/mol. The Balaban J connectivity index is 1.60. The first-order valence-corrected chi connectivity index (χ1v) is 9.50. The van der Waals surface area contributed by atoms with Crippen molar-refractivity contribution in [2.75, 3.05) is 0 Å². The zero-order valence-corrected chi connectivity index (χ0v) is 17.2. The number of rotatable bonds is 6. The van der Waals surface area contributed by atoms with Crippen LogP contribution in [-0.2, 0) is 13.7 Å². The second-order valence-electron chi connectivity index (χ2n) is 6.45. The molecule has 0 radical (unpaired) electrons. The first kappa shape index (κ1) is 19.2. The quantitative estimate of drug-likeness (QED) is 0.626. The van der Waals surface area contributed by atoms with E-state index in [0.717, 1.165) is 27.0 Å². The maximum absolute atomic E-state index is 12.5. The van der Waals surface area contributed by atoms with E-state index < -0.39 is 0 Å². The molecule has 1 amide bonds. The monoisotopic (exact) mass is 427 g/mol. The summed E-state index contributed by atoms with van der Waals surface area (Å²) in [4.78, 5) is 12.5. The number of amides is 1. The number of para-hydroxylation sites is 1. The highest BCUT2D eigenvalue weighted by Gasteiger charge is 2.15. The van der Waals surface area contributed by atoms with Crippen molar-refractivity contribution in [3.63, 3.8) is 0 Å². The van der Waals surface area contributed by atoms with Gasteiger partial charge in [-0.25, -0.2) is 0 Å². The summed E-state index contributed by atoms with van der Waals surface area (Å²) in [6.07, 6.45) is 1.93. The Hall–Kier alpha value is -2.60. The van der Waals surface area contributed by atoms with Crippen LogP contribution < -0.4 is 10.1 Å². The van der Waals surface area contributed by atoms with Crippen LogP contribution in [0.25, 0.3) is 0 Å². The standard InChI is InChI=1S/C21H22BrN3O2/c1-14(18-12-25(3)24-15(18)2)23-21(26)17-10-8-16(9-11-17)13-27-20-7-5-4-6-19(20)22/h4-12,14H,13H2,1-3H3,(H,23,26). The molecule has 0 aliphatic heterocycles. The van der Waals surface area contributed by atoms with Crippen molar-refractivity contribution in [3.05, 3.63) is 81.6 Å². The Morgan fingerprint density at radius 2 is 1.93 bits per heavy atom. The number of halogens is 1. The lowest BCUT2D eigenvalue weighted by Gasteiger charge is -2.13. The van der Waals surface area contributed by atoms with Crippen molar-refractivity contribution < 1.29 is 9.53 Å². The minimum absolute atomic E-state index is 0.107. The molecule has 140 valence electrons. The van der Waals surface area contributed by atoms with E-state index in [1.807, 2.05) is 75.6 Å². The van der Waals surface area contributed by atoms with Gasteiger partial charge in [0.1, 0.15) is 12.4 Å². The van der Waals surface area contributed by atoms with Gasteiger partial charge in [-0.05, 0) is 59.6 Å². The molecular weight excluding hydrogens is 406 g/mol. The summed E-state index contributed by atoms with van der Waals surface area (Å²) < 4.78 is 8.48. The van der Waals surface area contributed by atoms with Gasteiger partial charge in [0.05, 0.1) is 16.2 Å². The lowest BCUT2D eigenvalue weighted by atomic mass is 10.1. The van der Waals surface area contributed by atoms with E-state index in [9.17, 15) is 4.79 Å². The van der Waals surface area contributed by atoms with E-state index in [1.54, 1.807) is 4.68 Å². The van der Waals surface area contributed by atoms with Crippen LogP contribution in [-0.4, -0.2) is 15.7 Å². The summed E-state index contributed by atoms with van der Waals surface area (Å²) in [6, 6.07) is 15.1. The predicted molar refractivity (Wildman–Crippen MR) is 109 cm³/mol. The van der Waals surface area contributed by atoms with E-state index in [4.69, 9.17) is 4.74 Å². The highest BCUT2D eigenvalue weighted by Crippen LogP contribution is 2.24. The molecule has 1 unspecified atom stereocenters. The molecule has 0 saturated heterocycles. The Morgan fingerprint density at radius 3 is 2.56 bits per heavy atom. The maximum Gasteiger partial charge on any atom is 0.251 e. The second-order valence-corrected chi connectivity index (χ2v) is 7.31. The van der Waals surface area contributed by atoms with Gasteiger partial charge < -0.3 is 10.1 Å². The molecule has 27 heavy (non-hydrogen) atoms. The third-order valence-corrected chi connectivity index (χ3v) is 4.97. The normalized spacial score (nSPS) is 11.9. The average Bonchev–Trinajstić information content (AvgIpc) is 3.00. The van der Waals surface area contributed by atoms with Gasteiger partial charge in [-0.1, -0.05) is 24.3 Å². The number of aromatic nitrogens is 2. The summed E-state index contributed by atoms with van der Waals surface area (Å²) in [6.45, 7) is 4.34. The van der Waals surface area contributed by atoms with Gasteiger partial charge in [0.25, 0.3) is 5.91 Å². The fraction of sp³-hybridized carbons (Fsp3) is 0.238. The van der Waals surface area contributed by atoms with Crippen molar-refractivity contribution in [3.8, 4) is 5.75 Å². The first-order chi connectivity index (χ1) is 12.9. The molecule has 1 heterocycles. The van der Waals surface area contributed by atoms with Crippen molar-refractivity contribution in [1.82, 2.24) is 15.1 Å². The van der Waals surface area contributed by atoms with Crippen molar-refractivity contribution in [2.24, 2.45) is 7.05 Å². The van der Waals surface area contributed by atoms with Crippen LogP contribution in [0.1, 0.15) is 40.1 Å². The smallest absolute Gasteiger partial charge is 0.251 e. The molecule has 1 aromatic heterocycles. The molecule has 0 spiro atoms. The zero-order chi connectivity index (χ0) is 19.4. The number of aryl methyl sites for hydroxylation is 2. The molecule has 0 saturated carbocycles. The van der Waals surface area contributed by atoms with Crippen LogP contribution in [0.4, 0.5) is 0 Å². The van der Waals surface area contributed by atoms with Crippen LogP contribution >= 0.6 is 15.9 Å². The van der Waals surface area contributed by atoms with E-state index >= 15 is 0 Å². The minimum atomic E-state index is -0.107. The van der Waals surface area contributed by atoms with E-state index in [-0.39, 0.29) is 11.9 Å². The minimum Gasteiger partial charge on any atom is -0.488 e. The van der Waals surface area contributed by atoms with E-state index in [2.05, 4.69) is 26.3 Å². The SMILES string of the molecule is Cc1nn(C)cc1C(C)NC(=O)c1ccc(COc2ccccc2Br)cc1. The Morgan fingerprint density at radius 1 is 1.22 bits per heavy atom. The van der Waals surface area contributed by atoms with Crippen LogP contribution in [0.3, 0.4) is 0 Å². The Bertz CT molecular complexity index is 935. The predicted octanol–water partition coefficient (Wildman–Crippen LogP) is 4.56. The van der Waals surface area contributed by atoms with Crippen molar-refractivity contribution in [1.29, 1.82) is 0 Å². The Kier molecular flexibility index (Phi) is 5.96. The molecule has 1 N–H and O–H groups in total. The third kappa shape index (κ3) is 4.77. The lowest BCUT2D eigenvalue weighted by Crippen LogP contribution is -2.26. The van der Waals surface area contributed by atoms with Gasteiger partial charge in [0.2, 0.25) is 0 Å². The number of benzene rings is 2. The van der Waals surface area contributed by atoms with Gasteiger partial charge in [-0.2, -0.15) is 5.10 Å². The number of nitrogens with zero attached hydrogens (tertiary/aromatic N) is 2. The fourth-order valence-electron chi connectivity index (χ4n) is 2.88. The number of ether oxygens (including phenoxy) is 1. The number of carbonyl (C=O) groups is 1. The summed E-state index contributed by atoms with van der Waals surface area (Å²) in [5.41, 5.74) is 3.56. The number of hydrogen-bond acceptors (Lipinski definition) is 3. The van der Waals surface area contributed by atoms with Gasteiger partial charge in [0, 0.05) is 24.4 Å². The molecule has 5 nitrogen and oxygen atoms in total. The summed E-state index contributed by atoms with van der Waals surface area (Å²) in [7, 11) is 1.87. The Labute approximate surface area is 167 Å². The van der Waals surface area contributed by atoms with Crippen LogP contribution in [0, 0.1) is 6.92 Å².